The van der Waals surface area contributed by atoms with Gasteiger partial charge in [0, 0.05) is 37.7 Å². The summed E-state index contributed by atoms with van der Waals surface area (Å²) in [6.45, 7) is 7.39. The van der Waals surface area contributed by atoms with Gasteiger partial charge in [-0.05, 0) is 37.1 Å². The van der Waals surface area contributed by atoms with Crippen LogP contribution in [0.15, 0.2) is 41.2 Å². The second kappa shape index (κ2) is 10.3. The average molecular weight is 570 g/mol. The summed E-state index contributed by atoms with van der Waals surface area (Å²) in [6.07, 6.45) is 1.55. The van der Waals surface area contributed by atoms with E-state index in [-0.39, 0.29) is 22.2 Å². The van der Waals surface area contributed by atoms with Crippen LogP contribution in [0.5, 0.6) is 0 Å². The topological polar surface area (TPSA) is 111 Å². The molecule has 12 heteroatoms. The number of anilines is 2. The van der Waals surface area contributed by atoms with Crippen LogP contribution in [0.3, 0.4) is 0 Å². The third-order valence-corrected chi connectivity index (χ3v) is 7.77. The Labute approximate surface area is 234 Å². The molecule has 0 unspecified atom stereocenters. The van der Waals surface area contributed by atoms with E-state index in [0.29, 0.717) is 34.7 Å². The molecular formula is C28H30ClF2N7O2. The quantitative estimate of drug-likeness (QED) is 0.347. The molecule has 5 rings (SSSR count). The van der Waals surface area contributed by atoms with Gasteiger partial charge in [0.05, 0.1) is 21.9 Å². The number of fused-ring (bicyclic) bond motifs is 1. The largest absolute Gasteiger partial charge is 0.366 e. The Morgan fingerprint density at radius 1 is 1.20 bits per heavy atom. The molecule has 1 saturated heterocycles. The summed E-state index contributed by atoms with van der Waals surface area (Å²) in [6, 6.07) is 7.68. The molecule has 40 heavy (non-hydrogen) atoms. The number of carbonyl (C=O) groups is 1. The molecule has 0 saturated carbocycles. The number of halogens is 3. The summed E-state index contributed by atoms with van der Waals surface area (Å²) in [7, 11) is 1.95. The summed E-state index contributed by atoms with van der Waals surface area (Å²) in [5.74, 6) is -1.74. The smallest absolute Gasteiger partial charge is 0.277 e. The van der Waals surface area contributed by atoms with Crippen LogP contribution in [0.25, 0.3) is 16.7 Å². The minimum Gasteiger partial charge on any atom is -0.366 e. The van der Waals surface area contributed by atoms with Crippen LogP contribution >= 0.6 is 11.6 Å². The molecule has 2 aromatic carbocycles. The molecule has 2 aromatic heterocycles. The first kappa shape index (κ1) is 27.7. The van der Waals surface area contributed by atoms with E-state index in [1.807, 2.05) is 24.6 Å². The van der Waals surface area contributed by atoms with E-state index in [0.717, 1.165) is 48.4 Å². The number of para-hydroxylation sites is 1. The number of aryl methyl sites for hydroxylation is 1. The van der Waals surface area contributed by atoms with Gasteiger partial charge in [0.2, 0.25) is 0 Å². The summed E-state index contributed by atoms with van der Waals surface area (Å²) in [5.41, 5.74) is 7.01. The highest BCUT2D eigenvalue weighted by molar-refractivity contribution is 6.34. The number of carbonyl (C=O) groups excluding carboxylic acids is 1. The maximum atomic E-state index is 14.5. The van der Waals surface area contributed by atoms with Gasteiger partial charge in [0.25, 0.3) is 11.5 Å². The van der Waals surface area contributed by atoms with Crippen molar-refractivity contribution in [2.45, 2.75) is 45.1 Å². The summed E-state index contributed by atoms with van der Waals surface area (Å²) < 4.78 is 31.4. The van der Waals surface area contributed by atoms with Crippen molar-refractivity contribution in [3.63, 3.8) is 0 Å². The van der Waals surface area contributed by atoms with Gasteiger partial charge in [-0.1, -0.05) is 38.4 Å². The fourth-order valence-corrected chi connectivity index (χ4v) is 5.41. The highest BCUT2D eigenvalue weighted by Crippen LogP contribution is 2.39. The molecular weight excluding hydrogens is 540 g/mol. The van der Waals surface area contributed by atoms with Crippen molar-refractivity contribution in [3.05, 3.63) is 74.9 Å². The molecule has 0 aliphatic carbocycles. The summed E-state index contributed by atoms with van der Waals surface area (Å²) in [4.78, 5) is 33.1. The van der Waals surface area contributed by atoms with E-state index in [2.05, 4.69) is 29.2 Å². The van der Waals surface area contributed by atoms with Crippen molar-refractivity contribution in [1.29, 1.82) is 0 Å². The molecule has 4 aromatic rings. The third kappa shape index (κ3) is 4.73. The Bertz CT molecular complexity index is 1680. The molecule has 0 spiro atoms. The minimum absolute atomic E-state index is 0.161. The standard InChI is InChI=1S/C28H30ClF2N7O2/c1-5-28(32)11-12-37(14-28)25-19(9-10-20-23(25)34-26(15(2)3)36(20)4)33-27(40)22-16(29)13-21(39)38(35-22)24-17(30)7-6-8-18(24)31/h6-10,13,15H,5,11-12,14,32H2,1-4H3,(H,33,40)/t28-/m1/s1. The van der Waals surface area contributed by atoms with Gasteiger partial charge in [-0.2, -0.15) is 9.78 Å². The molecule has 0 radical (unpaired) electrons. The predicted octanol–water partition coefficient (Wildman–Crippen LogP) is 4.74. The molecule has 210 valence electrons. The molecule has 0 bridgehead atoms. The van der Waals surface area contributed by atoms with Crippen molar-refractivity contribution in [1.82, 2.24) is 19.3 Å². The Kier molecular flexibility index (Phi) is 7.13. The number of aromatic nitrogens is 4. The molecule has 3 N–H and O–H groups in total. The number of rotatable bonds is 6. The lowest BCUT2D eigenvalue weighted by molar-refractivity contribution is 0.102. The van der Waals surface area contributed by atoms with Crippen LogP contribution in [-0.2, 0) is 7.05 Å². The maximum Gasteiger partial charge on any atom is 0.277 e. The second-order valence-corrected chi connectivity index (χ2v) is 10.9. The number of benzene rings is 2. The predicted molar refractivity (Wildman–Crippen MR) is 152 cm³/mol. The molecule has 3 heterocycles. The lowest BCUT2D eigenvalue weighted by Gasteiger charge is -2.26. The third-order valence-electron chi connectivity index (χ3n) is 7.48. The number of imidazole rings is 1. The van der Waals surface area contributed by atoms with E-state index in [4.69, 9.17) is 22.3 Å². The van der Waals surface area contributed by atoms with Gasteiger partial charge in [-0.25, -0.2) is 13.8 Å². The maximum absolute atomic E-state index is 14.5. The van der Waals surface area contributed by atoms with Gasteiger partial charge < -0.3 is 20.5 Å². The van der Waals surface area contributed by atoms with E-state index in [1.54, 1.807) is 6.07 Å². The zero-order chi connectivity index (χ0) is 28.9. The number of amides is 1. The van der Waals surface area contributed by atoms with Crippen LogP contribution in [0, 0.1) is 11.6 Å². The summed E-state index contributed by atoms with van der Waals surface area (Å²) in [5, 5.41) is 6.54. The normalized spacial score (nSPS) is 17.3. The van der Waals surface area contributed by atoms with Crippen LogP contribution < -0.4 is 21.5 Å². The van der Waals surface area contributed by atoms with Gasteiger partial charge in [-0.15, -0.1) is 0 Å². The monoisotopic (exact) mass is 569 g/mol. The van der Waals surface area contributed by atoms with E-state index < -0.39 is 28.8 Å². The lowest BCUT2D eigenvalue weighted by Crippen LogP contribution is -2.42. The molecule has 9 nitrogen and oxygen atoms in total. The molecule has 1 amide bonds. The lowest BCUT2D eigenvalue weighted by atomic mass is 9.97. The van der Waals surface area contributed by atoms with Crippen LogP contribution in [-0.4, -0.2) is 43.9 Å². The van der Waals surface area contributed by atoms with Crippen molar-refractivity contribution < 1.29 is 13.6 Å². The van der Waals surface area contributed by atoms with Gasteiger partial charge >= 0.3 is 0 Å². The number of hydrogen-bond donors (Lipinski definition) is 2. The van der Waals surface area contributed by atoms with Crippen molar-refractivity contribution in [3.8, 4) is 5.69 Å². The van der Waals surface area contributed by atoms with E-state index in [1.165, 1.54) is 0 Å². The highest BCUT2D eigenvalue weighted by atomic mass is 35.5. The van der Waals surface area contributed by atoms with Crippen molar-refractivity contribution in [2.24, 2.45) is 12.8 Å². The Morgan fingerprint density at radius 2 is 1.90 bits per heavy atom. The number of nitrogens with one attached hydrogen (secondary N) is 1. The van der Waals surface area contributed by atoms with Gasteiger partial charge in [-0.3, -0.25) is 9.59 Å². The fraction of sp³-hybridized carbons (Fsp3) is 0.357. The first-order chi connectivity index (χ1) is 18.9. The zero-order valence-electron chi connectivity index (χ0n) is 22.6. The van der Waals surface area contributed by atoms with Gasteiger partial charge in [0.1, 0.15) is 17.0 Å². The average Bonchev–Trinajstić information content (AvgIpc) is 3.45. The fourth-order valence-electron chi connectivity index (χ4n) is 5.20. The summed E-state index contributed by atoms with van der Waals surface area (Å²) >= 11 is 6.24. The Hall–Kier alpha value is -3.83. The van der Waals surface area contributed by atoms with Crippen LogP contribution in [0.1, 0.15) is 55.8 Å². The number of hydrogen-bond acceptors (Lipinski definition) is 6. The zero-order valence-corrected chi connectivity index (χ0v) is 23.4. The van der Waals surface area contributed by atoms with E-state index >= 15 is 0 Å². The van der Waals surface area contributed by atoms with Crippen LogP contribution in [0.2, 0.25) is 5.02 Å². The van der Waals surface area contributed by atoms with E-state index in [9.17, 15) is 18.4 Å². The minimum atomic E-state index is -1.01. The number of nitrogens with zero attached hydrogens (tertiary/aromatic N) is 5. The second-order valence-electron chi connectivity index (χ2n) is 10.5. The van der Waals surface area contributed by atoms with Crippen molar-refractivity contribution >= 4 is 39.9 Å². The van der Waals surface area contributed by atoms with Crippen molar-refractivity contribution in [2.75, 3.05) is 23.3 Å². The Morgan fingerprint density at radius 3 is 2.52 bits per heavy atom. The first-order valence-electron chi connectivity index (χ1n) is 13.0. The van der Waals surface area contributed by atoms with Gasteiger partial charge in [0.15, 0.2) is 17.3 Å². The van der Waals surface area contributed by atoms with Crippen LogP contribution in [0.4, 0.5) is 20.2 Å². The first-order valence-corrected chi connectivity index (χ1v) is 13.4. The highest BCUT2D eigenvalue weighted by Gasteiger charge is 2.35. The molecule has 1 aliphatic rings. The number of nitrogens with two attached hydrogens (primary N) is 1. The SMILES string of the molecule is CC[C@@]1(N)CCN(c2c(NC(=O)c3nn(-c4c(F)cccc4F)c(=O)cc3Cl)ccc3c2nc(C(C)C)n3C)C1. The molecule has 1 fully saturated rings. The molecule has 1 aliphatic heterocycles. The molecule has 1 atom stereocenters. The Balaban J connectivity index is 1.61.